The quantitative estimate of drug-likeness (QED) is 0.544. The second kappa shape index (κ2) is 11.4. The monoisotopic (exact) mass is 390 g/mol. The zero-order chi connectivity index (χ0) is 20.4. The number of piperazine rings is 1. The second-order valence-corrected chi connectivity index (χ2v) is 6.63. The second-order valence-electron chi connectivity index (χ2n) is 6.63. The van der Waals surface area contributed by atoms with Gasteiger partial charge in [-0.15, -0.1) is 0 Å². The minimum Gasteiger partial charge on any atom is -0.490 e. The van der Waals surface area contributed by atoms with Crippen molar-refractivity contribution in [1.29, 1.82) is 0 Å². The third-order valence-corrected chi connectivity index (χ3v) is 4.63. The summed E-state index contributed by atoms with van der Waals surface area (Å²) < 4.78 is 11.3. The van der Waals surface area contributed by atoms with Gasteiger partial charge in [-0.1, -0.05) is 6.07 Å². The smallest absolute Gasteiger partial charge is 0.219 e. The first-order valence-electron chi connectivity index (χ1n) is 10.3. The number of ether oxygens (including phenoxy) is 2. The summed E-state index contributed by atoms with van der Waals surface area (Å²) in [4.78, 5) is 20.4. The summed E-state index contributed by atoms with van der Waals surface area (Å²) in [6.45, 7) is 13.5. The number of nitrogens with one attached hydrogen (secondary N) is 1. The lowest BCUT2D eigenvalue weighted by atomic mass is 10.1. The number of hydrogen-bond acceptors (Lipinski definition) is 4. The van der Waals surface area contributed by atoms with Gasteiger partial charge in [-0.3, -0.25) is 9.79 Å². The predicted octanol–water partition coefficient (Wildman–Crippen LogP) is 2.16. The Morgan fingerprint density at radius 3 is 2.29 bits per heavy atom. The van der Waals surface area contributed by atoms with E-state index in [0.717, 1.165) is 56.6 Å². The van der Waals surface area contributed by atoms with Crippen molar-refractivity contribution >= 4 is 11.9 Å². The van der Waals surface area contributed by atoms with Crippen LogP contribution < -0.4 is 14.8 Å². The topological polar surface area (TPSA) is 66.4 Å². The zero-order valence-corrected chi connectivity index (χ0v) is 17.7. The predicted molar refractivity (Wildman–Crippen MR) is 112 cm³/mol. The van der Waals surface area contributed by atoms with Crippen LogP contribution in [0.15, 0.2) is 23.2 Å². The molecular weight excluding hydrogens is 356 g/mol. The molecule has 1 aromatic rings. The number of benzene rings is 1. The molecule has 1 saturated heterocycles. The van der Waals surface area contributed by atoms with Gasteiger partial charge in [-0.05, 0) is 44.9 Å². The summed E-state index contributed by atoms with van der Waals surface area (Å²) in [5, 5.41) is 3.37. The lowest BCUT2D eigenvalue weighted by Crippen LogP contribution is -2.53. The first-order chi connectivity index (χ1) is 13.6. The highest BCUT2D eigenvalue weighted by molar-refractivity contribution is 5.80. The van der Waals surface area contributed by atoms with E-state index in [0.29, 0.717) is 19.8 Å². The first-order valence-corrected chi connectivity index (χ1v) is 10.3. The molecule has 0 saturated carbocycles. The van der Waals surface area contributed by atoms with Crippen LogP contribution in [-0.4, -0.2) is 74.1 Å². The van der Waals surface area contributed by atoms with Crippen molar-refractivity contribution in [2.45, 2.75) is 34.1 Å². The Kier molecular flexibility index (Phi) is 8.91. The van der Waals surface area contributed by atoms with E-state index in [-0.39, 0.29) is 5.91 Å². The molecule has 7 heteroatoms. The molecule has 1 heterocycles. The van der Waals surface area contributed by atoms with Crippen LogP contribution in [0.5, 0.6) is 11.5 Å². The van der Waals surface area contributed by atoms with Crippen LogP contribution in [0.4, 0.5) is 0 Å². The normalized spacial score (nSPS) is 14.8. The van der Waals surface area contributed by atoms with Gasteiger partial charge < -0.3 is 24.6 Å². The van der Waals surface area contributed by atoms with Gasteiger partial charge in [-0.2, -0.15) is 0 Å². The van der Waals surface area contributed by atoms with Gasteiger partial charge in [0.1, 0.15) is 0 Å². The highest BCUT2D eigenvalue weighted by Gasteiger charge is 2.20. The third-order valence-electron chi connectivity index (χ3n) is 4.63. The number of carbonyl (C=O) groups excluding carboxylic acids is 1. The summed E-state index contributed by atoms with van der Waals surface area (Å²) in [5.74, 6) is 2.63. The van der Waals surface area contributed by atoms with E-state index in [2.05, 4.69) is 23.2 Å². The molecule has 1 fully saturated rings. The average Bonchev–Trinajstić information content (AvgIpc) is 2.69. The maximum atomic E-state index is 11.5. The summed E-state index contributed by atoms with van der Waals surface area (Å²) in [5.41, 5.74) is 1.17. The number of hydrogen-bond donors (Lipinski definition) is 1. The van der Waals surface area contributed by atoms with E-state index >= 15 is 0 Å². The molecule has 0 aliphatic carbocycles. The average molecular weight is 391 g/mol. The van der Waals surface area contributed by atoms with Gasteiger partial charge in [0, 0.05) is 46.2 Å². The molecular formula is C21H34N4O3. The summed E-state index contributed by atoms with van der Waals surface area (Å²) in [6.07, 6.45) is 0.828. The van der Waals surface area contributed by atoms with Crippen LogP contribution in [0.1, 0.15) is 33.3 Å². The van der Waals surface area contributed by atoms with Gasteiger partial charge in [0.25, 0.3) is 0 Å². The number of rotatable bonds is 8. The third kappa shape index (κ3) is 6.32. The fourth-order valence-corrected chi connectivity index (χ4v) is 3.20. The van der Waals surface area contributed by atoms with E-state index in [1.54, 1.807) is 6.92 Å². The van der Waals surface area contributed by atoms with E-state index in [1.807, 2.05) is 30.9 Å². The highest BCUT2D eigenvalue weighted by Crippen LogP contribution is 2.28. The Hall–Kier alpha value is -2.44. The van der Waals surface area contributed by atoms with Crippen LogP contribution in [0.25, 0.3) is 0 Å². The van der Waals surface area contributed by atoms with E-state index in [9.17, 15) is 4.79 Å². The van der Waals surface area contributed by atoms with E-state index in [1.165, 1.54) is 5.56 Å². The van der Waals surface area contributed by atoms with Crippen molar-refractivity contribution in [2.24, 2.45) is 4.99 Å². The van der Waals surface area contributed by atoms with Gasteiger partial charge in [-0.25, -0.2) is 0 Å². The summed E-state index contributed by atoms with van der Waals surface area (Å²) in [6, 6.07) is 6.09. The van der Waals surface area contributed by atoms with Crippen LogP contribution in [-0.2, 0) is 11.2 Å². The van der Waals surface area contributed by atoms with E-state index in [4.69, 9.17) is 14.5 Å². The number of amides is 1. The fraction of sp³-hybridized carbons (Fsp3) is 0.619. The Morgan fingerprint density at radius 1 is 1.04 bits per heavy atom. The van der Waals surface area contributed by atoms with Crippen molar-refractivity contribution in [3.05, 3.63) is 23.8 Å². The summed E-state index contributed by atoms with van der Waals surface area (Å²) in [7, 11) is 0. The Labute approximate surface area is 168 Å². The van der Waals surface area contributed by atoms with Gasteiger partial charge >= 0.3 is 0 Å². The van der Waals surface area contributed by atoms with Crippen LogP contribution >= 0.6 is 0 Å². The van der Waals surface area contributed by atoms with Crippen molar-refractivity contribution < 1.29 is 14.3 Å². The lowest BCUT2D eigenvalue weighted by molar-refractivity contribution is -0.130. The number of aliphatic imine (C=N–C) groups is 1. The molecule has 0 radical (unpaired) electrons. The van der Waals surface area contributed by atoms with Crippen molar-refractivity contribution in [2.75, 3.05) is 52.5 Å². The molecule has 0 aromatic heterocycles. The van der Waals surface area contributed by atoms with Gasteiger partial charge in [0.05, 0.1) is 13.2 Å². The molecule has 2 rings (SSSR count). The van der Waals surface area contributed by atoms with Crippen LogP contribution in [0.3, 0.4) is 0 Å². The molecule has 7 nitrogen and oxygen atoms in total. The van der Waals surface area contributed by atoms with Crippen LogP contribution in [0, 0.1) is 0 Å². The molecule has 1 aromatic carbocycles. The molecule has 1 amide bonds. The molecule has 1 aliphatic heterocycles. The van der Waals surface area contributed by atoms with Crippen molar-refractivity contribution in [1.82, 2.24) is 15.1 Å². The number of guanidine groups is 1. The molecule has 156 valence electrons. The molecule has 0 bridgehead atoms. The fourth-order valence-electron chi connectivity index (χ4n) is 3.20. The Bertz CT molecular complexity index is 655. The maximum Gasteiger partial charge on any atom is 0.219 e. The molecule has 28 heavy (non-hydrogen) atoms. The number of nitrogens with zero attached hydrogens (tertiary/aromatic N) is 3. The SMILES string of the molecule is CCNC(=NCCc1ccc(OCC)c(OCC)c1)N1CCN(C(C)=O)CC1. The lowest BCUT2D eigenvalue weighted by Gasteiger charge is -2.36. The zero-order valence-electron chi connectivity index (χ0n) is 17.7. The molecule has 0 spiro atoms. The van der Waals surface area contributed by atoms with Gasteiger partial charge in [0.2, 0.25) is 5.91 Å². The first kappa shape index (κ1) is 21.9. The maximum absolute atomic E-state index is 11.5. The standard InChI is InChI=1S/C21H34N4O3/c1-5-22-21(25-14-12-24(13-15-25)17(4)26)23-11-10-18-8-9-19(27-6-2)20(16-18)28-7-3/h8-9,16H,5-7,10-15H2,1-4H3,(H,22,23). The van der Waals surface area contributed by atoms with E-state index < -0.39 is 0 Å². The highest BCUT2D eigenvalue weighted by atomic mass is 16.5. The number of carbonyl (C=O) groups is 1. The molecule has 1 aliphatic rings. The summed E-state index contributed by atoms with van der Waals surface area (Å²) >= 11 is 0. The molecule has 1 N–H and O–H groups in total. The largest absolute Gasteiger partial charge is 0.490 e. The minimum absolute atomic E-state index is 0.141. The Morgan fingerprint density at radius 2 is 1.68 bits per heavy atom. The molecule has 0 unspecified atom stereocenters. The van der Waals surface area contributed by atoms with Crippen molar-refractivity contribution in [3.8, 4) is 11.5 Å². The van der Waals surface area contributed by atoms with Gasteiger partial charge in [0.15, 0.2) is 17.5 Å². The molecule has 0 atom stereocenters. The minimum atomic E-state index is 0.141. The Balaban J connectivity index is 1.98. The van der Waals surface area contributed by atoms with Crippen LogP contribution in [0.2, 0.25) is 0 Å². The van der Waals surface area contributed by atoms with Crippen molar-refractivity contribution in [3.63, 3.8) is 0 Å².